The van der Waals surface area contributed by atoms with Crippen LogP contribution in [-0.2, 0) is 6.54 Å². The van der Waals surface area contributed by atoms with Crippen molar-refractivity contribution in [1.29, 1.82) is 0 Å². The van der Waals surface area contributed by atoms with Gasteiger partial charge in [0.15, 0.2) is 0 Å². The Kier molecular flexibility index (Phi) is 4.12. The third-order valence-electron chi connectivity index (χ3n) is 2.68. The molecule has 2 aromatic carbocycles. The maximum absolute atomic E-state index is 13.1. The van der Waals surface area contributed by atoms with Crippen molar-refractivity contribution >= 4 is 17.3 Å². The molecule has 19 heavy (non-hydrogen) atoms. The summed E-state index contributed by atoms with van der Waals surface area (Å²) in [6.45, 7) is 0.300. The summed E-state index contributed by atoms with van der Waals surface area (Å²) in [6, 6.07) is 9.04. The first kappa shape index (κ1) is 13.5. The first-order valence-electron chi connectivity index (χ1n) is 5.65. The average molecular weight is 282 g/mol. The molecule has 0 fully saturated rings. The van der Waals surface area contributed by atoms with Crippen molar-refractivity contribution in [3.8, 4) is 11.5 Å². The van der Waals surface area contributed by atoms with Crippen molar-refractivity contribution in [3.63, 3.8) is 0 Å². The Labute approximate surface area is 115 Å². The zero-order valence-corrected chi connectivity index (χ0v) is 11.0. The van der Waals surface area contributed by atoms with Crippen molar-refractivity contribution < 1.29 is 14.2 Å². The molecule has 100 valence electrons. The van der Waals surface area contributed by atoms with Gasteiger partial charge >= 0.3 is 0 Å². The van der Waals surface area contributed by atoms with Crippen molar-refractivity contribution in [2.24, 2.45) is 0 Å². The number of nitrogens with one attached hydrogen (secondary N) is 1. The molecule has 0 aromatic heterocycles. The molecule has 2 rings (SSSR count). The smallest absolute Gasteiger partial charge is 0.139 e. The number of ether oxygens (including phenoxy) is 1. The first-order chi connectivity index (χ1) is 9.10. The first-order valence-corrected chi connectivity index (χ1v) is 6.03. The molecule has 0 saturated carbocycles. The fourth-order valence-electron chi connectivity index (χ4n) is 1.66. The summed E-state index contributed by atoms with van der Waals surface area (Å²) in [6.07, 6.45) is 0. The molecule has 0 bridgehead atoms. The van der Waals surface area contributed by atoms with Gasteiger partial charge in [0.05, 0.1) is 12.1 Å². The Bertz CT molecular complexity index is 590. The molecule has 0 radical (unpaired) electrons. The minimum absolute atomic E-state index is 0.0508. The van der Waals surface area contributed by atoms with Crippen LogP contribution in [0.15, 0.2) is 36.4 Å². The van der Waals surface area contributed by atoms with Crippen LogP contribution in [0.3, 0.4) is 0 Å². The molecule has 2 N–H and O–H groups in total. The second kappa shape index (κ2) is 5.80. The van der Waals surface area contributed by atoms with Crippen molar-refractivity contribution in [2.75, 3.05) is 12.4 Å². The van der Waals surface area contributed by atoms with Crippen LogP contribution in [0.1, 0.15) is 5.56 Å². The van der Waals surface area contributed by atoms with Gasteiger partial charge in [0, 0.05) is 23.9 Å². The third-order valence-corrected chi connectivity index (χ3v) is 2.99. The third kappa shape index (κ3) is 3.29. The molecule has 0 saturated heterocycles. The molecular formula is C14H13ClFNO2. The molecule has 5 heteroatoms. The van der Waals surface area contributed by atoms with E-state index in [1.165, 1.54) is 25.3 Å². The van der Waals surface area contributed by atoms with E-state index in [1.54, 1.807) is 18.2 Å². The largest absolute Gasteiger partial charge is 0.508 e. The predicted octanol–water partition coefficient (Wildman–Crippen LogP) is 3.81. The van der Waals surface area contributed by atoms with Gasteiger partial charge in [-0.2, -0.15) is 0 Å². The van der Waals surface area contributed by atoms with E-state index < -0.39 is 0 Å². The van der Waals surface area contributed by atoms with E-state index in [2.05, 4.69) is 5.32 Å². The summed E-state index contributed by atoms with van der Waals surface area (Å²) in [4.78, 5) is 0. The minimum atomic E-state index is -0.386. The van der Waals surface area contributed by atoms with Crippen molar-refractivity contribution in [2.45, 2.75) is 6.54 Å². The second-order valence-electron chi connectivity index (χ2n) is 3.98. The number of phenols is 1. The number of halogens is 2. The summed E-state index contributed by atoms with van der Waals surface area (Å²) in [7, 11) is 1.53. The Morgan fingerprint density at radius 3 is 2.79 bits per heavy atom. The van der Waals surface area contributed by atoms with E-state index in [4.69, 9.17) is 16.3 Å². The van der Waals surface area contributed by atoms with E-state index in [9.17, 15) is 9.50 Å². The second-order valence-corrected chi connectivity index (χ2v) is 4.38. The maximum Gasteiger partial charge on any atom is 0.139 e. The number of phenolic OH excluding ortho intramolecular Hbond substituents is 1. The van der Waals surface area contributed by atoms with Crippen LogP contribution in [0.5, 0.6) is 11.5 Å². The highest BCUT2D eigenvalue weighted by molar-refractivity contribution is 6.32. The van der Waals surface area contributed by atoms with Gasteiger partial charge in [0.1, 0.15) is 17.3 Å². The topological polar surface area (TPSA) is 41.5 Å². The molecule has 2 aromatic rings. The molecular weight excluding hydrogens is 269 g/mol. The zero-order valence-electron chi connectivity index (χ0n) is 10.3. The number of aromatic hydroxyl groups is 1. The number of methoxy groups -OCH3 is 1. The standard InChI is InChI=1S/C14H13ClFNO2/c1-19-14-7-11(3-4-12(14)15)17-8-9-6-10(16)2-5-13(9)18/h2-7,17-18H,8H2,1H3. The summed E-state index contributed by atoms with van der Waals surface area (Å²) in [5, 5.41) is 13.2. The average Bonchev–Trinajstić information content (AvgIpc) is 2.41. The van der Waals surface area contributed by atoms with Gasteiger partial charge in [-0.3, -0.25) is 0 Å². The number of hydrogen-bond acceptors (Lipinski definition) is 3. The lowest BCUT2D eigenvalue weighted by Crippen LogP contribution is -2.00. The molecule has 0 heterocycles. The molecule has 0 spiro atoms. The van der Waals surface area contributed by atoms with Gasteiger partial charge in [-0.1, -0.05) is 11.6 Å². The summed E-state index contributed by atoms with van der Waals surface area (Å²) in [5.41, 5.74) is 1.25. The molecule has 0 unspecified atom stereocenters. The monoisotopic (exact) mass is 281 g/mol. The molecule has 0 amide bonds. The quantitative estimate of drug-likeness (QED) is 0.895. The van der Waals surface area contributed by atoms with Gasteiger partial charge in [-0.05, 0) is 30.3 Å². The van der Waals surface area contributed by atoms with Gasteiger partial charge < -0.3 is 15.2 Å². The van der Waals surface area contributed by atoms with Gasteiger partial charge in [-0.15, -0.1) is 0 Å². The number of benzene rings is 2. The van der Waals surface area contributed by atoms with Crippen molar-refractivity contribution in [1.82, 2.24) is 0 Å². The number of hydrogen-bond donors (Lipinski definition) is 2. The number of rotatable bonds is 4. The van der Waals surface area contributed by atoms with Crippen LogP contribution in [0.4, 0.5) is 10.1 Å². The lowest BCUT2D eigenvalue weighted by atomic mass is 10.2. The number of anilines is 1. The van der Waals surface area contributed by atoms with E-state index in [0.29, 0.717) is 22.9 Å². The fraction of sp³-hybridized carbons (Fsp3) is 0.143. The summed E-state index contributed by atoms with van der Waals surface area (Å²) >= 11 is 5.92. The Morgan fingerprint density at radius 2 is 2.05 bits per heavy atom. The Hall–Kier alpha value is -1.94. The highest BCUT2D eigenvalue weighted by Gasteiger charge is 2.05. The molecule has 3 nitrogen and oxygen atoms in total. The molecule has 0 aliphatic heterocycles. The van der Waals surface area contributed by atoms with Gasteiger partial charge in [0.25, 0.3) is 0 Å². The SMILES string of the molecule is COc1cc(NCc2cc(F)ccc2O)ccc1Cl. The summed E-state index contributed by atoms with van der Waals surface area (Å²) < 4.78 is 18.2. The molecule has 0 atom stereocenters. The van der Waals surface area contributed by atoms with Crippen LogP contribution < -0.4 is 10.1 Å². The Balaban J connectivity index is 2.12. The van der Waals surface area contributed by atoms with Crippen LogP contribution in [-0.4, -0.2) is 12.2 Å². The van der Waals surface area contributed by atoms with Gasteiger partial charge in [0.2, 0.25) is 0 Å². The maximum atomic E-state index is 13.1. The minimum Gasteiger partial charge on any atom is -0.508 e. The van der Waals surface area contributed by atoms with Crippen LogP contribution in [0, 0.1) is 5.82 Å². The van der Waals surface area contributed by atoms with Crippen LogP contribution in [0.2, 0.25) is 5.02 Å². The van der Waals surface area contributed by atoms with E-state index in [0.717, 1.165) is 5.69 Å². The lowest BCUT2D eigenvalue weighted by Gasteiger charge is -2.10. The van der Waals surface area contributed by atoms with Crippen LogP contribution in [0.25, 0.3) is 0 Å². The lowest BCUT2D eigenvalue weighted by molar-refractivity contribution is 0.415. The Morgan fingerprint density at radius 1 is 1.26 bits per heavy atom. The van der Waals surface area contributed by atoms with E-state index in [-0.39, 0.29) is 11.6 Å². The highest BCUT2D eigenvalue weighted by Crippen LogP contribution is 2.28. The normalized spacial score (nSPS) is 10.3. The van der Waals surface area contributed by atoms with E-state index >= 15 is 0 Å². The van der Waals surface area contributed by atoms with Gasteiger partial charge in [-0.25, -0.2) is 4.39 Å². The zero-order chi connectivity index (χ0) is 13.8. The predicted molar refractivity (Wildman–Crippen MR) is 73.4 cm³/mol. The van der Waals surface area contributed by atoms with Crippen LogP contribution >= 0.6 is 11.6 Å². The molecule has 0 aliphatic rings. The summed E-state index contributed by atoms with van der Waals surface area (Å²) in [5.74, 6) is 0.216. The fourth-order valence-corrected chi connectivity index (χ4v) is 1.86. The van der Waals surface area contributed by atoms with E-state index in [1.807, 2.05) is 0 Å². The van der Waals surface area contributed by atoms with Crippen molar-refractivity contribution in [3.05, 3.63) is 52.8 Å². The molecule has 0 aliphatic carbocycles. The highest BCUT2D eigenvalue weighted by atomic mass is 35.5.